The summed E-state index contributed by atoms with van der Waals surface area (Å²) in [6.45, 7) is 8.58. The predicted octanol–water partition coefficient (Wildman–Crippen LogP) is 3.36. The van der Waals surface area contributed by atoms with Gasteiger partial charge in [0.05, 0.1) is 4.92 Å². The van der Waals surface area contributed by atoms with Gasteiger partial charge in [-0.2, -0.15) is 0 Å². The van der Waals surface area contributed by atoms with E-state index < -0.39 is 4.92 Å². The fraction of sp³-hybridized carbons (Fsp3) is 0.381. The van der Waals surface area contributed by atoms with Crippen molar-refractivity contribution in [1.29, 1.82) is 0 Å². The molecule has 1 aliphatic heterocycles. The average molecular weight is 382 g/mol. The van der Waals surface area contributed by atoms with Crippen LogP contribution in [0, 0.1) is 24.0 Å². The van der Waals surface area contributed by atoms with Crippen molar-refractivity contribution in [2.45, 2.75) is 20.3 Å². The van der Waals surface area contributed by atoms with Crippen molar-refractivity contribution in [3.63, 3.8) is 0 Å². The van der Waals surface area contributed by atoms with E-state index in [1.54, 1.807) is 18.2 Å². The van der Waals surface area contributed by atoms with E-state index in [1.165, 1.54) is 22.9 Å². The van der Waals surface area contributed by atoms with Crippen molar-refractivity contribution in [3.05, 3.63) is 63.7 Å². The summed E-state index contributed by atoms with van der Waals surface area (Å²) >= 11 is 0. The van der Waals surface area contributed by atoms with Crippen LogP contribution in [0.5, 0.6) is 0 Å². The number of rotatable bonds is 6. The first-order valence-electron chi connectivity index (χ1n) is 9.52. The number of hydrogen-bond donors (Lipinski definition) is 1. The first-order valence-corrected chi connectivity index (χ1v) is 9.52. The number of amides is 1. The molecule has 28 heavy (non-hydrogen) atoms. The molecular weight excluding hydrogens is 356 g/mol. The van der Waals surface area contributed by atoms with Gasteiger partial charge in [-0.25, -0.2) is 0 Å². The second kappa shape index (κ2) is 8.84. The highest BCUT2D eigenvalue weighted by atomic mass is 16.6. The number of carbonyl (C=O) groups is 1. The van der Waals surface area contributed by atoms with Gasteiger partial charge in [-0.15, -0.1) is 0 Å². The fourth-order valence-electron chi connectivity index (χ4n) is 3.50. The molecule has 0 radical (unpaired) electrons. The van der Waals surface area contributed by atoms with E-state index in [-0.39, 0.29) is 17.3 Å². The first kappa shape index (κ1) is 19.8. The molecule has 0 aliphatic carbocycles. The van der Waals surface area contributed by atoms with Crippen LogP contribution in [0.15, 0.2) is 42.5 Å². The van der Waals surface area contributed by atoms with E-state index in [0.29, 0.717) is 13.0 Å². The van der Waals surface area contributed by atoms with Gasteiger partial charge in [-0.05, 0) is 37.1 Å². The number of nitro benzene ring substituents is 1. The molecule has 7 heteroatoms. The zero-order valence-electron chi connectivity index (χ0n) is 16.4. The Kier molecular flexibility index (Phi) is 6.26. The summed E-state index contributed by atoms with van der Waals surface area (Å²) in [5.74, 6) is -0.203. The van der Waals surface area contributed by atoms with E-state index in [1.807, 2.05) is 0 Å². The number of nitro groups is 1. The van der Waals surface area contributed by atoms with Gasteiger partial charge in [0, 0.05) is 50.9 Å². The van der Waals surface area contributed by atoms with Crippen molar-refractivity contribution in [1.82, 2.24) is 4.90 Å². The Morgan fingerprint density at radius 2 is 1.79 bits per heavy atom. The number of piperazine rings is 1. The van der Waals surface area contributed by atoms with E-state index in [9.17, 15) is 14.9 Å². The molecule has 7 nitrogen and oxygen atoms in total. The number of nitrogens with zero attached hydrogens (tertiary/aromatic N) is 3. The lowest BCUT2D eigenvalue weighted by atomic mass is 10.1. The van der Waals surface area contributed by atoms with E-state index in [4.69, 9.17) is 0 Å². The summed E-state index contributed by atoms with van der Waals surface area (Å²) in [4.78, 5) is 27.4. The molecule has 1 amide bonds. The molecule has 2 aromatic carbocycles. The van der Waals surface area contributed by atoms with Gasteiger partial charge in [0.2, 0.25) is 5.91 Å². The van der Waals surface area contributed by atoms with Crippen LogP contribution in [0.4, 0.5) is 17.1 Å². The monoisotopic (exact) mass is 382 g/mol. The topological polar surface area (TPSA) is 78.7 Å². The maximum atomic E-state index is 12.2. The summed E-state index contributed by atoms with van der Waals surface area (Å²) in [6, 6.07) is 12.6. The second-order valence-electron chi connectivity index (χ2n) is 7.12. The molecule has 1 heterocycles. The Balaban J connectivity index is 1.49. The molecular formula is C21H26N4O3. The Hall–Kier alpha value is -2.93. The van der Waals surface area contributed by atoms with Crippen LogP contribution in [0.1, 0.15) is 17.5 Å². The summed E-state index contributed by atoms with van der Waals surface area (Å²) in [5, 5.41) is 13.7. The van der Waals surface area contributed by atoms with Crippen LogP contribution in [-0.4, -0.2) is 48.5 Å². The standard InChI is InChI=1S/C21H26N4O3/c1-16-6-5-9-19(17(16)2)24-14-12-23(13-15-24)11-10-21(26)22-18-7-3-4-8-20(18)25(27)28/h3-9H,10-15H2,1-2H3,(H,22,26). The minimum atomic E-state index is -0.484. The van der Waals surface area contributed by atoms with Crippen LogP contribution in [-0.2, 0) is 4.79 Å². The largest absolute Gasteiger partial charge is 0.369 e. The van der Waals surface area contributed by atoms with Crippen LogP contribution in [0.25, 0.3) is 0 Å². The van der Waals surface area contributed by atoms with E-state index in [0.717, 1.165) is 26.2 Å². The predicted molar refractivity (Wildman–Crippen MR) is 111 cm³/mol. The normalized spacial score (nSPS) is 14.7. The van der Waals surface area contributed by atoms with Crippen LogP contribution in [0.3, 0.4) is 0 Å². The lowest BCUT2D eigenvalue weighted by Crippen LogP contribution is -2.47. The zero-order chi connectivity index (χ0) is 20.1. The molecule has 148 valence electrons. The molecule has 1 aliphatic rings. The number of aryl methyl sites for hydroxylation is 1. The number of carbonyl (C=O) groups excluding carboxylic acids is 1. The molecule has 0 aromatic heterocycles. The van der Waals surface area contributed by atoms with E-state index >= 15 is 0 Å². The number of nitrogens with one attached hydrogen (secondary N) is 1. The molecule has 0 saturated carbocycles. The summed E-state index contributed by atoms with van der Waals surface area (Å²) in [5.41, 5.74) is 4.07. The highest BCUT2D eigenvalue weighted by Crippen LogP contribution is 2.25. The Bertz CT molecular complexity index is 860. The third-order valence-electron chi connectivity index (χ3n) is 5.32. The third kappa shape index (κ3) is 4.67. The number of para-hydroxylation sites is 2. The lowest BCUT2D eigenvalue weighted by molar-refractivity contribution is -0.383. The molecule has 0 unspecified atom stereocenters. The Morgan fingerprint density at radius 3 is 2.50 bits per heavy atom. The molecule has 0 spiro atoms. The molecule has 3 rings (SSSR count). The van der Waals surface area contributed by atoms with Crippen molar-refractivity contribution in [2.75, 3.05) is 42.9 Å². The highest BCUT2D eigenvalue weighted by Gasteiger charge is 2.20. The van der Waals surface area contributed by atoms with Gasteiger partial charge in [-0.3, -0.25) is 19.8 Å². The summed E-state index contributed by atoms with van der Waals surface area (Å²) < 4.78 is 0. The Morgan fingerprint density at radius 1 is 1.07 bits per heavy atom. The molecule has 0 bridgehead atoms. The maximum Gasteiger partial charge on any atom is 0.292 e. The molecule has 1 saturated heterocycles. The summed E-state index contributed by atoms with van der Waals surface area (Å²) in [7, 11) is 0. The molecule has 1 N–H and O–H groups in total. The molecule has 1 fully saturated rings. The van der Waals surface area contributed by atoms with Gasteiger partial charge in [0.15, 0.2) is 0 Å². The fourth-order valence-corrected chi connectivity index (χ4v) is 3.50. The average Bonchev–Trinajstić information content (AvgIpc) is 2.69. The quantitative estimate of drug-likeness (QED) is 0.612. The number of benzene rings is 2. The van der Waals surface area contributed by atoms with Crippen LogP contribution >= 0.6 is 0 Å². The van der Waals surface area contributed by atoms with Crippen LogP contribution in [0.2, 0.25) is 0 Å². The van der Waals surface area contributed by atoms with Gasteiger partial charge in [0.25, 0.3) is 5.69 Å². The van der Waals surface area contributed by atoms with Gasteiger partial charge >= 0.3 is 0 Å². The van der Waals surface area contributed by atoms with Gasteiger partial charge < -0.3 is 10.2 Å². The molecule has 2 aromatic rings. The van der Waals surface area contributed by atoms with Gasteiger partial charge in [-0.1, -0.05) is 24.3 Å². The minimum Gasteiger partial charge on any atom is -0.369 e. The minimum absolute atomic E-state index is 0.0852. The van der Waals surface area contributed by atoms with Crippen molar-refractivity contribution >= 4 is 23.0 Å². The second-order valence-corrected chi connectivity index (χ2v) is 7.12. The van der Waals surface area contributed by atoms with E-state index in [2.05, 4.69) is 47.2 Å². The molecule has 0 atom stereocenters. The first-order chi connectivity index (χ1) is 13.5. The number of anilines is 2. The third-order valence-corrected chi connectivity index (χ3v) is 5.32. The van der Waals surface area contributed by atoms with Crippen LogP contribution < -0.4 is 10.2 Å². The lowest BCUT2D eigenvalue weighted by Gasteiger charge is -2.37. The van der Waals surface area contributed by atoms with Crippen molar-refractivity contribution in [3.8, 4) is 0 Å². The Labute approximate surface area is 165 Å². The van der Waals surface area contributed by atoms with Gasteiger partial charge in [0.1, 0.15) is 5.69 Å². The SMILES string of the molecule is Cc1cccc(N2CCN(CCC(=O)Nc3ccccc3[N+](=O)[O-])CC2)c1C. The maximum absolute atomic E-state index is 12.2. The van der Waals surface area contributed by atoms with Crippen molar-refractivity contribution in [2.24, 2.45) is 0 Å². The zero-order valence-corrected chi connectivity index (χ0v) is 16.4. The smallest absolute Gasteiger partial charge is 0.292 e. The highest BCUT2D eigenvalue weighted by molar-refractivity contribution is 5.93. The number of hydrogen-bond acceptors (Lipinski definition) is 5. The van der Waals surface area contributed by atoms with Crippen molar-refractivity contribution < 1.29 is 9.72 Å². The summed E-state index contributed by atoms with van der Waals surface area (Å²) in [6.07, 6.45) is 0.315.